The van der Waals surface area contributed by atoms with E-state index in [1.54, 1.807) is 0 Å². The third kappa shape index (κ3) is 36.7. The number of hydrogen-bond donors (Lipinski definition) is 0. The smallest absolute Gasteiger partial charge is 0.306 e. The van der Waals surface area contributed by atoms with Crippen LogP contribution in [0.5, 0.6) is 0 Å². The number of carbonyl (C=O) groups excluding carboxylic acids is 2. The van der Waals surface area contributed by atoms with Gasteiger partial charge in [0.1, 0.15) is 6.61 Å². The summed E-state index contributed by atoms with van der Waals surface area (Å²) in [4.78, 5) is 24.9. The number of esters is 2. The predicted octanol–water partition coefficient (Wildman–Crippen LogP) is 12.9. The van der Waals surface area contributed by atoms with Gasteiger partial charge >= 0.3 is 11.9 Å². The maximum Gasteiger partial charge on any atom is 0.306 e. The van der Waals surface area contributed by atoms with E-state index in [2.05, 4.69) is 69.4 Å². The second kappa shape index (κ2) is 39.3. The van der Waals surface area contributed by atoms with Crippen LogP contribution in [0.1, 0.15) is 188 Å². The largest absolute Gasteiger partial charge is 0.462 e. The number of carbonyl (C=O) groups is 2. The fourth-order valence-electron chi connectivity index (χ4n) is 5.38. The van der Waals surface area contributed by atoms with E-state index in [0.29, 0.717) is 19.4 Å². The highest BCUT2D eigenvalue weighted by atomic mass is 16.6. The van der Waals surface area contributed by atoms with Gasteiger partial charge in [-0.15, -0.1) is 0 Å². The summed E-state index contributed by atoms with van der Waals surface area (Å²) < 4.78 is 17.1. The molecule has 0 N–H and O–H groups in total. The molecule has 1 unspecified atom stereocenters. The molecule has 0 amide bonds. The van der Waals surface area contributed by atoms with Crippen molar-refractivity contribution in [1.82, 2.24) is 0 Å². The third-order valence-corrected chi connectivity index (χ3v) is 8.38. The van der Waals surface area contributed by atoms with Gasteiger partial charge in [0, 0.05) is 19.4 Å². The summed E-state index contributed by atoms with van der Waals surface area (Å²) >= 11 is 0. The lowest BCUT2D eigenvalue weighted by Crippen LogP contribution is -2.30. The van der Waals surface area contributed by atoms with Crippen molar-refractivity contribution < 1.29 is 23.8 Å². The van der Waals surface area contributed by atoms with E-state index in [4.69, 9.17) is 14.2 Å². The van der Waals surface area contributed by atoms with Crippen LogP contribution < -0.4 is 0 Å². The Balaban J connectivity index is 4.12. The Morgan fingerprint density at radius 3 is 1.50 bits per heavy atom. The van der Waals surface area contributed by atoms with Gasteiger partial charge < -0.3 is 14.2 Å². The van der Waals surface area contributed by atoms with Crippen LogP contribution in [0.2, 0.25) is 0 Å². The molecule has 0 radical (unpaired) electrons. The Hall–Kier alpha value is -2.14. The molecule has 5 heteroatoms. The van der Waals surface area contributed by atoms with Crippen LogP contribution in [0.4, 0.5) is 0 Å². The zero-order valence-electron chi connectivity index (χ0n) is 31.7. The molecule has 0 fully saturated rings. The van der Waals surface area contributed by atoms with Crippen molar-refractivity contribution in [2.75, 3.05) is 19.8 Å². The molecule has 0 bridgehead atoms. The van der Waals surface area contributed by atoms with Crippen LogP contribution >= 0.6 is 0 Å². The highest BCUT2D eigenvalue weighted by Gasteiger charge is 2.17. The molecule has 0 saturated heterocycles. The molecule has 0 spiro atoms. The van der Waals surface area contributed by atoms with E-state index in [-0.39, 0.29) is 25.2 Å². The topological polar surface area (TPSA) is 61.8 Å². The van der Waals surface area contributed by atoms with Crippen LogP contribution in [0.25, 0.3) is 0 Å². The van der Waals surface area contributed by atoms with Gasteiger partial charge in [-0.1, -0.05) is 166 Å². The van der Waals surface area contributed by atoms with Gasteiger partial charge in [-0.25, -0.2) is 0 Å². The number of unbranched alkanes of at least 4 members (excludes halogenated alkanes) is 17. The molecule has 5 nitrogen and oxygen atoms in total. The normalized spacial score (nSPS) is 12.6. The average Bonchev–Trinajstić information content (AvgIpc) is 3.08. The first kappa shape index (κ1) is 45.9. The SMILES string of the molecule is CC/C=C\C/C=C\C/C=C\C/C=C\CCCCCCC(=O)OCC(COCCCCCCCCCCCC)OC(=O)CCCCCCC. The number of hydrogen-bond acceptors (Lipinski definition) is 5. The van der Waals surface area contributed by atoms with Crippen molar-refractivity contribution >= 4 is 11.9 Å². The van der Waals surface area contributed by atoms with Crippen LogP contribution in [0, 0.1) is 0 Å². The molecule has 0 aliphatic carbocycles. The van der Waals surface area contributed by atoms with Crippen molar-refractivity contribution in [2.24, 2.45) is 0 Å². The molecular formula is C43H76O5. The third-order valence-electron chi connectivity index (χ3n) is 8.38. The Bertz CT molecular complexity index is 812. The Kier molecular flexibility index (Phi) is 37.5. The van der Waals surface area contributed by atoms with Crippen LogP contribution in [-0.4, -0.2) is 37.9 Å². The van der Waals surface area contributed by atoms with Gasteiger partial charge in [0.15, 0.2) is 6.10 Å². The van der Waals surface area contributed by atoms with E-state index in [1.807, 2.05) is 0 Å². The van der Waals surface area contributed by atoms with Crippen LogP contribution in [0.15, 0.2) is 48.6 Å². The maximum absolute atomic E-state index is 12.5. The summed E-state index contributed by atoms with van der Waals surface area (Å²) in [5.41, 5.74) is 0. The second-order valence-corrected chi connectivity index (χ2v) is 13.2. The van der Waals surface area contributed by atoms with Gasteiger partial charge in [-0.2, -0.15) is 0 Å². The molecule has 278 valence electrons. The second-order valence-electron chi connectivity index (χ2n) is 13.2. The maximum atomic E-state index is 12.5. The zero-order valence-corrected chi connectivity index (χ0v) is 31.7. The molecular weight excluding hydrogens is 596 g/mol. The van der Waals surface area contributed by atoms with Crippen molar-refractivity contribution in [3.63, 3.8) is 0 Å². The van der Waals surface area contributed by atoms with Gasteiger partial charge in [0.05, 0.1) is 6.61 Å². The predicted molar refractivity (Wildman–Crippen MR) is 205 cm³/mol. The Labute approximate surface area is 297 Å². The average molecular weight is 673 g/mol. The molecule has 1 atom stereocenters. The summed E-state index contributed by atoms with van der Waals surface area (Å²) in [7, 11) is 0. The van der Waals surface area contributed by atoms with E-state index >= 15 is 0 Å². The standard InChI is InChI=1S/C43H76O5/c1-4-7-10-13-15-17-19-20-21-22-23-24-25-26-28-31-33-36-42(44)47-40-41(48-43(45)37-34-30-12-9-6-3)39-46-38-35-32-29-27-18-16-14-11-8-5-2/h7,10,15,17,20-21,23-24,41H,4-6,8-9,11-14,16,18-19,22,25-40H2,1-3H3/b10-7-,17-15-,21-20-,24-23-. The fourth-order valence-corrected chi connectivity index (χ4v) is 5.38. The van der Waals surface area contributed by atoms with Gasteiger partial charge in [0.2, 0.25) is 0 Å². The molecule has 0 aliphatic rings. The van der Waals surface area contributed by atoms with Crippen molar-refractivity contribution in [2.45, 2.75) is 194 Å². The van der Waals surface area contributed by atoms with Crippen LogP contribution in [-0.2, 0) is 23.8 Å². The summed E-state index contributed by atoms with van der Waals surface area (Å²) in [6.07, 6.45) is 45.5. The van der Waals surface area contributed by atoms with Gasteiger partial charge in [-0.05, 0) is 57.8 Å². The summed E-state index contributed by atoms with van der Waals surface area (Å²) in [5, 5.41) is 0. The molecule has 0 saturated carbocycles. The summed E-state index contributed by atoms with van der Waals surface area (Å²) in [6, 6.07) is 0. The molecule has 0 heterocycles. The first-order valence-electron chi connectivity index (χ1n) is 20.2. The van der Waals surface area contributed by atoms with Gasteiger partial charge in [-0.3, -0.25) is 9.59 Å². The highest BCUT2D eigenvalue weighted by molar-refractivity contribution is 5.70. The van der Waals surface area contributed by atoms with Crippen molar-refractivity contribution in [1.29, 1.82) is 0 Å². The van der Waals surface area contributed by atoms with E-state index < -0.39 is 6.10 Å². The minimum Gasteiger partial charge on any atom is -0.462 e. The minimum atomic E-state index is -0.536. The Morgan fingerprint density at radius 2 is 0.938 bits per heavy atom. The first-order valence-corrected chi connectivity index (χ1v) is 20.2. The van der Waals surface area contributed by atoms with E-state index in [1.165, 1.54) is 64.2 Å². The van der Waals surface area contributed by atoms with Crippen LogP contribution in [0.3, 0.4) is 0 Å². The lowest BCUT2D eigenvalue weighted by Gasteiger charge is -2.18. The number of rotatable bonds is 36. The van der Waals surface area contributed by atoms with E-state index in [9.17, 15) is 9.59 Å². The highest BCUT2D eigenvalue weighted by Crippen LogP contribution is 2.12. The quantitative estimate of drug-likeness (QED) is 0.0376. The van der Waals surface area contributed by atoms with Gasteiger partial charge in [0.25, 0.3) is 0 Å². The molecule has 0 aromatic carbocycles. The minimum absolute atomic E-state index is 0.0737. The molecule has 0 aliphatic heterocycles. The lowest BCUT2D eigenvalue weighted by atomic mass is 10.1. The number of allylic oxidation sites excluding steroid dienone is 8. The van der Waals surface area contributed by atoms with E-state index in [0.717, 1.165) is 89.9 Å². The monoisotopic (exact) mass is 673 g/mol. The molecule has 0 rings (SSSR count). The molecule has 48 heavy (non-hydrogen) atoms. The summed E-state index contributed by atoms with van der Waals surface area (Å²) in [6.45, 7) is 7.60. The molecule has 0 aromatic rings. The molecule has 0 aromatic heterocycles. The zero-order chi connectivity index (χ0) is 35.0. The van der Waals surface area contributed by atoms with Crippen molar-refractivity contribution in [3.8, 4) is 0 Å². The number of ether oxygens (including phenoxy) is 3. The fraction of sp³-hybridized carbons (Fsp3) is 0.767. The lowest BCUT2D eigenvalue weighted by molar-refractivity contribution is -0.163. The Morgan fingerprint density at radius 1 is 0.479 bits per heavy atom. The first-order chi connectivity index (χ1) is 23.6. The van der Waals surface area contributed by atoms with Crippen molar-refractivity contribution in [3.05, 3.63) is 48.6 Å². The summed E-state index contributed by atoms with van der Waals surface area (Å²) in [5.74, 6) is -0.437.